The molecule has 1 amide bonds. The largest absolute Gasteiger partial charge is 0.372 e. The fourth-order valence-electron chi connectivity index (χ4n) is 1.84. The second kappa shape index (κ2) is 6.31. The number of ether oxygens (including phenoxy) is 2. The van der Waals surface area contributed by atoms with Gasteiger partial charge in [-0.15, -0.1) is 0 Å². The molecule has 2 saturated heterocycles. The van der Waals surface area contributed by atoms with E-state index in [-0.39, 0.29) is 5.91 Å². The molecule has 2 rings (SSSR count). The molecule has 0 aromatic carbocycles. The van der Waals surface area contributed by atoms with Gasteiger partial charge in [-0.2, -0.15) is 0 Å². The Morgan fingerprint density at radius 2 is 1.89 bits per heavy atom. The topological polar surface area (TPSA) is 57.4 Å². The minimum absolute atomic E-state index is 0.0578. The van der Waals surface area contributed by atoms with Crippen LogP contribution in [0.4, 0.5) is 0 Å². The van der Waals surface area contributed by atoms with Crippen molar-refractivity contribution in [1.82, 2.24) is 10.2 Å². The molecule has 0 saturated carbocycles. The second-order valence-corrected chi connectivity index (χ2v) is 5.06. The predicted molar refractivity (Wildman–Crippen MR) is 68.4 cm³/mol. The Morgan fingerprint density at radius 1 is 1.33 bits per heavy atom. The van der Waals surface area contributed by atoms with Gasteiger partial charge in [0.25, 0.3) is 0 Å². The number of hydrogen-bond acceptors (Lipinski definition) is 4. The Kier molecular flexibility index (Phi) is 4.74. The standard InChI is InChI=1S/C13H22N2O3/c1-10(2)13(16)14-4-3-5-15(6-11-8-17-11)7-12-9-18-12/h11-12H,1,3-9H2,2H3,(H,14,16). The van der Waals surface area contributed by atoms with Gasteiger partial charge in [0.1, 0.15) is 0 Å². The van der Waals surface area contributed by atoms with Gasteiger partial charge in [0.2, 0.25) is 5.91 Å². The van der Waals surface area contributed by atoms with E-state index >= 15 is 0 Å². The highest BCUT2D eigenvalue weighted by Crippen LogP contribution is 2.15. The maximum absolute atomic E-state index is 11.3. The third-order valence-corrected chi connectivity index (χ3v) is 3.05. The Morgan fingerprint density at radius 3 is 2.33 bits per heavy atom. The molecule has 0 spiro atoms. The molecule has 0 aliphatic carbocycles. The molecule has 0 radical (unpaired) electrons. The van der Waals surface area contributed by atoms with E-state index < -0.39 is 0 Å². The first-order valence-corrected chi connectivity index (χ1v) is 6.54. The normalized spacial score (nSPS) is 25.0. The minimum Gasteiger partial charge on any atom is -0.372 e. The quantitative estimate of drug-likeness (QED) is 0.362. The molecule has 2 aliphatic rings. The van der Waals surface area contributed by atoms with Gasteiger partial charge in [-0.05, 0) is 13.3 Å². The van der Waals surface area contributed by atoms with E-state index in [0.29, 0.717) is 24.3 Å². The van der Waals surface area contributed by atoms with Gasteiger partial charge in [-0.1, -0.05) is 6.58 Å². The average molecular weight is 254 g/mol. The number of rotatable bonds is 9. The predicted octanol–water partition coefficient (Wildman–Crippen LogP) is 0.168. The third-order valence-electron chi connectivity index (χ3n) is 3.05. The molecular weight excluding hydrogens is 232 g/mol. The third kappa shape index (κ3) is 5.16. The van der Waals surface area contributed by atoms with Crippen molar-refractivity contribution in [2.24, 2.45) is 0 Å². The van der Waals surface area contributed by atoms with Gasteiger partial charge >= 0.3 is 0 Å². The van der Waals surface area contributed by atoms with E-state index in [1.807, 2.05) is 0 Å². The summed E-state index contributed by atoms with van der Waals surface area (Å²) in [6, 6.07) is 0. The van der Waals surface area contributed by atoms with Crippen LogP contribution in [0.3, 0.4) is 0 Å². The van der Waals surface area contributed by atoms with Crippen LogP contribution in [-0.2, 0) is 14.3 Å². The molecule has 2 aliphatic heterocycles. The van der Waals surface area contributed by atoms with Gasteiger partial charge in [-0.3, -0.25) is 9.69 Å². The molecule has 2 atom stereocenters. The van der Waals surface area contributed by atoms with Gasteiger partial charge in [0.15, 0.2) is 0 Å². The minimum atomic E-state index is -0.0578. The number of amides is 1. The van der Waals surface area contributed by atoms with Crippen LogP contribution in [0.5, 0.6) is 0 Å². The Bertz CT molecular complexity index is 297. The molecule has 102 valence electrons. The fourth-order valence-corrected chi connectivity index (χ4v) is 1.84. The number of nitrogens with zero attached hydrogens (tertiary/aromatic N) is 1. The summed E-state index contributed by atoms with van der Waals surface area (Å²) in [5.41, 5.74) is 0.560. The highest BCUT2D eigenvalue weighted by atomic mass is 16.6. The zero-order valence-corrected chi connectivity index (χ0v) is 11.0. The molecule has 5 heteroatoms. The summed E-state index contributed by atoms with van der Waals surface area (Å²) in [6.07, 6.45) is 1.76. The first kappa shape index (κ1) is 13.5. The van der Waals surface area contributed by atoms with Gasteiger partial charge in [0, 0.05) is 31.8 Å². The highest BCUT2D eigenvalue weighted by Gasteiger charge is 2.30. The van der Waals surface area contributed by atoms with E-state index in [2.05, 4.69) is 16.8 Å². The van der Waals surface area contributed by atoms with Crippen molar-refractivity contribution in [3.8, 4) is 0 Å². The van der Waals surface area contributed by atoms with Crippen LogP contribution >= 0.6 is 0 Å². The number of carbonyl (C=O) groups excluding carboxylic acids is 1. The van der Waals surface area contributed by atoms with E-state index in [4.69, 9.17) is 9.47 Å². The van der Waals surface area contributed by atoms with Crippen molar-refractivity contribution in [2.75, 3.05) is 39.4 Å². The van der Waals surface area contributed by atoms with Crippen LogP contribution < -0.4 is 5.32 Å². The summed E-state index contributed by atoms with van der Waals surface area (Å²) in [5.74, 6) is -0.0578. The number of carbonyl (C=O) groups is 1. The zero-order chi connectivity index (χ0) is 13.0. The van der Waals surface area contributed by atoms with E-state index in [1.54, 1.807) is 6.92 Å². The molecule has 2 fully saturated rings. The molecule has 18 heavy (non-hydrogen) atoms. The number of hydrogen-bond donors (Lipinski definition) is 1. The summed E-state index contributed by atoms with van der Waals surface area (Å²) in [7, 11) is 0. The highest BCUT2D eigenvalue weighted by molar-refractivity contribution is 5.91. The lowest BCUT2D eigenvalue weighted by molar-refractivity contribution is -0.117. The van der Waals surface area contributed by atoms with Crippen LogP contribution in [-0.4, -0.2) is 62.4 Å². The lowest BCUT2D eigenvalue weighted by atomic mass is 10.3. The smallest absolute Gasteiger partial charge is 0.246 e. The van der Waals surface area contributed by atoms with Crippen LogP contribution in [0.25, 0.3) is 0 Å². The first-order chi connectivity index (χ1) is 8.65. The summed E-state index contributed by atoms with van der Waals surface area (Å²) < 4.78 is 10.5. The lowest BCUT2D eigenvalue weighted by Crippen LogP contribution is -2.35. The Labute approximate surface area is 108 Å². The van der Waals surface area contributed by atoms with Crippen LogP contribution in [0.15, 0.2) is 12.2 Å². The second-order valence-electron chi connectivity index (χ2n) is 5.06. The van der Waals surface area contributed by atoms with Crippen molar-refractivity contribution >= 4 is 5.91 Å². The number of nitrogens with one attached hydrogen (secondary N) is 1. The molecular formula is C13H22N2O3. The van der Waals surface area contributed by atoms with Crippen LogP contribution in [0.1, 0.15) is 13.3 Å². The molecule has 0 aromatic rings. The molecule has 5 nitrogen and oxygen atoms in total. The van der Waals surface area contributed by atoms with Crippen LogP contribution in [0, 0.1) is 0 Å². The van der Waals surface area contributed by atoms with Crippen LogP contribution in [0.2, 0.25) is 0 Å². The van der Waals surface area contributed by atoms with Crippen molar-refractivity contribution in [3.63, 3.8) is 0 Å². The SMILES string of the molecule is C=C(C)C(=O)NCCCN(CC1CO1)CC1CO1. The van der Waals surface area contributed by atoms with Gasteiger partial charge in [0.05, 0.1) is 25.4 Å². The molecule has 2 unspecified atom stereocenters. The summed E-state index contributed by atoms with van der Waals surface area (Å²) in [5, 5.41) is 2.85. The fraction of sp³-hybridized carbons (Fsp3) is 0.769. The van der Waals surface area contributed by atoms with Crippen molar-refractivity contribution in [3.05, 3.63) is 12.2 Å². The Hall–Kier alpha value is -0.910. The monoisotopic (exact) mass is 254 g/mol. The van der Waals surface area contributed by atoms with Crippen molar-refractivity contribution in [1.29, 1.82) is 0 Å². The Balaban J connectivity index is 1.58. The summed E-state index contributed by atoms with van der Waals surface area (Å²) >= 11 is 0. The van der Waals surface area contributed by atoms with E-state index in [1.165, 1.54) is 0 Å². The first-order valence-electron chi connectivity index (χ1n) is 6.54. The summed E-state index contributed by atoms with van der Waals surface area (Å²) in [6.45, 7) is 10.7. The van der Waals surface area contributed by atoms with E-state index in [0.717, 1.165) is 39.3 Å². The van der Waals surface area contributed by atoms with E-state index in [9.17, 15) is 4.79 Å². The number of epoxide rings is 2. The zero-order valence-electron chi connectivity index (χ0n) is 11.0. The lowest BCUT2D eigenvalue weighted by Gasteiger charge is -2.20. The van der Waals surface area contributed by atoms with Gasteiger partial charge in [-0.25, -0.2) is 0 Å². The summed E-state index contributed by atoms with van der Waals surface area (Å²) in [4.78, 5) is 13.7. The maximum atomic E-state index is 11.3. The average Bonchev–Trinajstić information content (AvgIpc) is 3.19. The molecule has 2 heterocycles. The molecule has 0 aromatic heterocycles. The van der Waals surface area contributed by atoms with Crippen molar-refractivity contribution in [2.45, 2.75) is 25.6 Å². The molecule has 1 N–H and O–H groups in total. The molecule has 0 bridgehead atoms. The van der Waals surface area contributed by atoms with Crippen molar-refractivity contribution < 1.29 is 14.3 Å². The van der Waals surface area contributed by atoms with Gasteiger partial charge < -0.3 is 14.8 Å². The maximum Gasteiger partial charge on any atom is 0.246 e.